The normalized spacial score (nSPS) is 16.5. The number of carboxylic acids is 1. The standard InChI is InChI=1S/C14H12N2O3/c17-14(18)9-5-6-15-13(7-9)16-11-8-19-12-4-2-1-3-10(11)12/h1-7,11H,8H2,(H,15,16)(H,17,18). The van der Waals surface area contributed by atoms with Gasteiger partial charge in [-0.05, 0) is 18.2 Å². The summed E-state index contributed by atoms with van der Waals surface area (Å²) < 4.78 is 5.55. The van der Waals surface area contributed by atoms with Gasteiger partial charge >= 0.3 is 5.97 Å². The molecule has 0 saturated heterocycles. The fourth-order valence-electron chi connectivity index (χ4n) is 2.10. The van der Waals surface area contributed by atoms with Crippen LogP contribution < -0.4 is 10.1 Å². The average molecular weight is 256 g/mol. The Kier molecular flexibility index (Phi) is 2.79. The fraction of sp³-hybridized carbons (Fsp3) is 0.143. The van der Waals surface area contributed by atoms with E-state index in [0.717, 1.165) is 11.3 Å². The minimum atomic E-state index is -0.964. The van der Waals surface area contributed by atoms with Gasteiger partial charge in [-0.1, -0.05) is 18.2 Å². The third-order valence-electron chi connectivity index (χ3n) is 3.03. The first-order valence-corrected chi connectivity index (χ1v) is 5.91. The molecule has 5 nitrogen and oxygen atoms in total. The van der Waals surface area contributed by atoms with Gasteiger partial charge in [0.1, 0.15) is 18.2 Å². The van der Waals surface area contributed by atoms with Crippen LogP contribution in [0.15, 0.2) is 42.6 Å². The van der Waals surface area contributed by atoms with Gasteiger partial charge < -0.3 is 15.2 Å². The van der Waals surface area contributed by atoms with Crippen LogP contribution in [0.4, 0.5) is 5.82 Å². The number of ether oxygens (including phenoxy) is 1. The van der Waals surface area contributed by atoms with Crippen LogP contribution in [0.25, 0.3) is 0 Å². The van der Waals surface area contributed by atoms with Crippen LogP contribution in [0.2, 0.25) is 0 Å². The van der Waals surface area contributed by atoms with Gasteiger partial charge in [-0.2, -0.15) is 0 Å². The number of carbonyl (C=O) groups is 1. The number of aromatic nitrogens is 1. The van der Waals surface area contributed by atoms with Crippen LogP contribution in [-0.2, 0) is 0 Å². The molecular weight excluding hydrogens is 244 g/mol. The van der Waals surface area contributed by atoms with E-state index in [-0.39, 0.29) is 11.6 Å². The van der Waals surface area contributed by atoms with E-state index in [2.05, 4.69) is 10.3 Å². The summed E-state index contributed by atoms with van der Waals surface area (Å²) in [6, 6.07) is 10.7. The van der Waals surface area contributed by atoms with Gasteiger partial charge in [0.15, 0.2) is 0 Å². The van der Waals surface area contributed by atoms with Crippen molar-refractivity contribution in [3.8, 4) is 5.75 Å². The molecule has 0 aliphatic carbocycles. The number of carboxylic acid groups (broad SMARTS) is 1. The highest BCUT2D eigenvalue weighted by molar-refractivity contribution is 5.88. The maximum absolute atomic E-state index is 10.9. The van der Waals surface area contributed by atoms with Crippen molar-refractivity contribution in [1.29, 1.82) is 0 Å². The Labute approximate surface area is 109 Å². The van der Waals surface area contributed by atoms with Crippen molar-refractivity contribution in [1.82, 2.24) is 4.98 Å². The molecule has 19 heavy (non-hydrogen) atoms. The molecule has 1 aromatic carbocycles. The highest BCUT2D eigenvalue weighted by atomic mass is 16.5. The smallest absolute Gasteiger partial charge is 0.335 e. The SMILES string of the molecule is O=C(O)c1ccnc(NC2COc3ccccc32)c1. The Morgan fingerprint density at radius 3 is 3.05 bits per heavy atom. The lowest BCUT2D eigenvalue weighted by Crippen LogP contribution is -2.13. The Morgan fingerprint density at radius 2 is 2.21 bits per heavy atom. The van der Waals surface area contributed by atoms with Gasteiger partial charge in [-0.3, -0.25) is 0 Å². The zero-order valence-corrected chi connectivity index (χ0v) is 10.0. The van der Waals surface area contributed by atoms with Gasteiger partial charge in [-0.25, -0.2) is 9.78 Å². The molecule has 0 amide bonds. The van der Waals surface area contributed by atoms with Crippen LogP contribution in [-0.4, -0.2) is 22.7 Å². The first-order valence-electron chi connectivity index (χ1n) is 5.91. The Morgan fingerprint density at radius 1 is 1.37 bits per heavy atom. The molecule has 0 bridgehead atoms. The van der Waals surface area contributed by atoms with Gasteiger partial charge in [0.05, 0.1) is 11.6 Å². The highest BCUT2D eigenvalue weighted by Gasteiger charge is 2.23. The number of hydrogen-bond acceptors (Lipinski definition) is 4. The van der Waals surface area contributed by atoms with E-state index in [1.54, 1.807) is 0 Å². The lowest BCUT2D eigenvalue weighted by Gasteiger charge is -2.12. The number of fused-ring (bicyclic) bond motifs is 1. The molecule has 1 aliphatic rings. The van der Waals surface area contributed by atoms with Crippen LogP contribution in [0, 0.1) is 0 Å². The number of para-hydroxylation sites is 1. The summed E-state index contributed by atoms with van der Waals surface area (Å²) in [4.78, 5) is 15.0. The minimum Gasteiger partial charge on any atom is -0.491 e. The molecule has 2 heterocycles. The van der Waals surface area contributed by atoms with Crippen molar-refractivity contribution in [3.05, 3.63) is 53.7 Å². The zero-order chi connectivity index (χ0) is 13.2. The molecular formula is C14H12N2O3. The van der Waals surface area contributed by atoms with E-state index >= 15 is 0 Å². The van der Waals surface area contributed by atoms with E-state index in [1.165, 1.54) is 18.3 Å². The molecule has 1 unspecified atom stereocenters. The van der Waals surface area contributed by atoms with Crippen molar-refractivity contribution in [2.75, 3.05) is 11.9 Å². The fourth-order valence-corrected chi connectivity index (χ4v) is 2.10. The summed E-state index contributed by atoms with van der Waals surface area (Å²) in [6.07, 6.45) is 1.48. The largest absolute Gasteiger partial charge is 0.491 e. The molecule has 0 radical (unpaired) electrons. The predicted octanol–water partition coefficient (Wildman–Crippen LogP) is 2.33. The number of anilines is 1. The molecule has 0 spiro atoms. The van der Waals surface area contributed by atoms with Crippen LogP contribution in [0.5, 0.6) is 5.75 Å². The summed E-state index contributed by atoms with van der Waals surface area (Å²) in [5.74, 6) is 0.424. The maximum atomic E-state index is 10.9. The Balaban J connectivity index is 1.83. The molecule has 96 valence electrons. The molecule has 1 aromatic heterocycles. The van der Waals surface area contributed by atoms with Crippen molar-refractivity contribution < 1.29 is 14.6 Å². The summed E-state index contributed by atoms with van der Waals surface area (Å²) in [5, 5.41) is 12.1. The number of nitrogens with one attached hydrogen (secondary N) is 1. The lowest BCUT2D eigenvalue weighted by molar-refractivity contribution is 0.0697. The number of hydrogen-bond donors (Lipinski definition) is 2. The second kappa shape index (κ2) is 4.61. The summed E-state index contributed by atoms with van der Waals surface area (Å²) in [6.45, 7) is 0.512. The Hall–Kier alpha value is -2.56. The molecule has 5 heteroatoms. The maximum Gasteiger partial charge on any atom is 0.335 e. The van der Waals surface area contributed by atoms with Crippen LogP contribution >= 0.6 is 0 Å². The van der Waals surface area contributed by atoms with Gasteiger partial charge in [0.2, 0.25) is 0 Å². The second-order valence-corrected chi connectivity index (χ2v) is 4.28. The van der Waals surface area contributed by atoms with Gasteiger partial charge in [-0.15, -0.1) is 0 Å². The molecule has 1 atom stereocenters. The number of rotatable bonds is 3. The van der Waals surface area contributed by atoms with Crippen LogP contribution in [0.1, 0.15) is 22.0 Å². The number of aromatic carboxylic acids is 1. The quantitative estimate of drug-likeness (QED) is 0.881. The molecule has 0 saturated carbocycles. The predicted molar refractivity (Wildman–Crippen MR) is 69.5 cm³/mol. The third-order valence-corrected chi connectivity index (χ3v) is 3.03. The highest BCUT2D eigenvalue weighted by Crippen LogP contribution is 2.33. The topological polar surface area (TPSA) is 71.5 Å². The summed E-state index contributed by atoms with van der Waals surface area (Å²) in [7, 11) is 0. The van der Waals surface area contributed by atoms with E-state index in [1.807, 2.05) is 24.3 Å². The second-order valence-electron chi connectivity index (χ2n) is 4.28. The van der Waals surface area contributed by atoms with Crippen molar-refractivity contribution in [2.24, 2.45) is 0 Å². The van der Waals surface area contributed by atoms with E-state index < -0.39 is 5.97 Å². The summed E-state index contributed by atoms with van der Waals surface area (Å²) >= 11 is 0. The van der Waals surface area contributed by atoms with Crippen molar-refractivity contribution in [3.63, 3.8) is 0 Å². The van der Waals surface area contributed by atoms with Crippen molar-refractivity contribution in [2.45, 2.75) is 6.04 Å². The van der Waals surface area contributed by atoms with Crippen molar-refractivity contribution >= 4 is 11.8 Å². The van der Waals surface area contributed by atoms with E-state index in [0.29, 0.717) is 12.4 Å². The minimum absolute atomic E-state index is 0.00672. The first-order chi connectivity index (χ1) is 9.24. The average Bonchev–Trinajstić information content (AvgIpc) is 2.83. The molecule has 2 N–H and O–H groups in total. The number of pyridine rings is 1. The molecule has 0 fully saturated rings. The number of nitrogens with zero attached hydrogens (tertiary/aromatic N) is 1. The van der Waals surface area contributed by atoms with E-state index in [4.69, 9.17) is 9.84 Å². The van der Waals surface area contributed by atoms with Gasteiger partial charge in [0, 0.05) is 11.8 Å². The van der Waals surface area contributed by atoms with Gasteiger partial charge in [0.25, 0.3) is 0 Å². The first kappa shape index (κ1) is 11.5. The van der Waals surface area contributed by atoms with Crippen LogP contribution in [0.3, 0.4) is 0 Å². The lowest BCUT2D eigenvalue weighted by atomic mass is 10.1. The molecule has 2 aromatic rings. The van der Waals surface area contributed by atoms with E-state index in [9.17, 15) is 4.79 Å². The Bertz CT molecular complexity index is 628. The molecule has 3 rings (SSSR count). The zero-order valence-electron chi connectivity index (χ0n) is 10.0. The third kappa shape index (κ3) is 2.22. The molecule has 1 aliphatic heterocycles. The monoisotopic (exact) mass is 256 g/mol. The summed E-state index contributed by atoms with van der Waals surface area (Å²) in [5.41, 5.74) is 1.27. The number of benzene rings is 1.